The molecule has 2 aromatic heterocycles. The van der Waals surface area contributed by atoms with Crippen molar-refractivity contribution in [3.63, 3.8) is 0 Å². The largest absolute Gasteiger partial charge is 0.494 e. The van der Waals surface area contributed by atoms with E-state index in [1.54, 1.807) is 48.8 Å². The molecule has 6 nitrogen and oxygen atoms in total. The molecule has 0 aliphatic heterocycles. The number of carbonyl (C=O) groups is 1. The van der Waals surface area contributed by atoms with E-state index in [4.69, 9.17) is 9.47 Å². The van der Waals surface area contributed by atoms with Crippen molar-refractivity contribution >= 4 is 28.2 Å². The third-order valence-electron chi connectivity index (χ3n) is 3.24. The van der Waals surface area contributed by atoms with Crippen molar-refractivity contribution in [3.8, 4) is 11.5 Å². The van der Waals surface area contributed by atoms with Gasteiger partial charge in [-0.1, -0.05) is 6.07 Å². The molecule has 0 bridgehead atoms. The number of carbonyl (C=O) groups excluding carboxylic acids is 1. The Morgan fingerprint density at radius 3 is 2.40 bits per heavy atom. The number of anilines is 2. The molecule has 0 atom stereocenters. The standard InChI is InChI=1S/C18H17N3O3S/c1-2-23-14-6-8-15(9-7-14)24-13-17(22)21(18-20-11-12-25-18)16-5-3-4-10-19-16/h3-12H,2,13H2,1H3. The Kier molecular flexibility index (Phi) is 5.58. The van der Waals surface area contributed by atoms with E-state index in [1.165, 1.54) is 16.2 Å². The second-order valence-corrected chi connectivity index (χ2v) is 5.80. The summed E-state index contributed by atoms with van der Waals surface area (Å²) in [5.41, 5.74) is 0. The molecule has 0 saturated carbocycles. The molecule has 2 heterocycles. The lowest BCUT2D eigenvalue weighted by Crippen LogP contribution is -2.31. The van der Waals surface area contributed by atoms with Gasteiger partial charge in [-0.25, -0.2) is 14.9 Å². The summed E-state index contributed by atoms with van der Waals surface area (Å²) in [5, 5.41) is 2.37. The fourth-order valence-corrected chi connectivity index (χ4v) is 2.82. The first-order chi connectivity index (χ1) is 12.3. The van der Waals surface area contributed by atoms with Gasteiger partial charge in [-0.3, -0.25) is 4.79 Å². The second kappa shape index (κ2) is 8.25. The van der Waals surface area contributed by atoms with E-state index in [9.17, 15) is 4.79 Å². The number of ether oxygens (including phenoxy) is 2. The average molecular weight is 355 g/mol. The second-order valence-electron chi connectivity index (χ2n) is 4.92. The molecule has 0 aliphatic rings. The highest BCUT2D eigenvalue weighted by Crippen LogP contribution is 2.26. The Balaban J connectivity index is 1.71. The van der Waals surface area contributed by atoms with Crippen LogP contribution in [0.2, 0.25) is 0 Å². The summed E-state index contributed by atoms with van der Waals surface area (Å²) >= 11 is 1.37. The number of thiazole rings is 1. The predicted molar refractivity (Wildman–Crippen MR) is 96.6 cm³/mol. The maximum atomic E-state index is 12.7. The first-order valence-corrected chi connectivity index (χ1v) is 8.65. The Morgan fingerprint density at radius 2 is 1.80 bits per heavy atom. The quantitative estimate of drug-likeness (QED) is 0.647. The minimum atomic E-state index is -0.248. The fraction of sp³-hybridized carbons (Fsp3) is 0.167. The van der Waals surface area contributed by atoms with Crippen LogP contribution < -0.4 is 14.4 Å². The molecule has 3 aromatic rings. The van der Waals surface area contributed by atoms with Gasteiger partial charge < -0.3 is 9.47 Å². The molecular formula is C18H17N3O3S. The SMILES string of the molecule is CCOc1ccc(OCC(=O)N(c2ccccn2)c2nccs2)cc1. The normalized spacial score (nSPS) is 10.3. The van der Waals surface area contributed by atoms with Crippen LogP contribution in [0.4, 0.5) is 10.9 Å². The highest BCUT2D eigenvalue weighted by Gasteiger charge is 2.21. The van der Waals surface area contributed by atoms with Gasteiger partial charge in [0.2, 0.25) is 0 Å². The van der Waals surface area contributed by atoms with Crippen LogP contribution in [0, 0.1) is 0 Å². The van der Waals surface area contributed by atoms with Crippen LogP contribution in [0.1, 0.15) is 6.92 Å². The van der Waals surface area contributed by atoms with Gasteiger partial charge in [0.25, 0.3) is 5.91 Å². The number of rotatable bonds is 7. The van der Waals surface area contributed by atoms with Gasteiger partial charge in [-0.2, -0.15) is 0 Å². The summed E-state index contributed by atoms with van der Waals surface area (Å²) in [7, 11) is 0. The zero-order valence-corrected chi connectivity index (χ0v) is 14.5. The average Bonchev–Trinajstić information content (AvgIpc) is 3.17. The number of hydrogen-bond donors (Lipinski definition) is 0. The summed E-state index contributed by atoms with van der Waals surface area (Å²) < 4.78 is 11.0. The molecule has 3 rings (SSSR count). The molecule has 128 valence electrons. The molecule has 25 heavy (non-hydrogen) atoms. The van der Waals surface area contributed by atoms with E-state index in [1.807, 2.05) is 18.4 Å². The number of pyridine rings is 1. The van der Waals surface area contributed by atoms with E-state index >= 15 is 0 Å². The summed E-state index contributed by atoms with van der Waals surface area (Å²) in [5.74, 6) is 1.62. The molecule has 0 saturated heterocycles. The molecule has 0 unspecified atom stereocenters. The van der Waals surface area contributed by atoms with Crippen LogP contribution in [0.15, 0.2) is 60.2 Å². The molecule has 0 aliphatic carbocycles. The third-order valence-corrected chi connectivity index (χ3v) is 3.99. The molecule has 1 amide bonds. The number of amides is 1. The van der Waals surface area contributed by atoms with Gasteiger partial charge >= 0.3 is 0 Å². The first-order valence-electron chi connectivity index (χ1n) is 7.77. The highest BCUT2D eigenvalue weighted by molar-refractivity contribution is 7.13. The Hall–Kier alpha value is -2.93. The Labute approximate surface area is 149 Å². The smallest absolute Gasteiger partial charge is 0.272 e. The summed E-state index contributed by atoms with van der Waals surface area (Å²) in [6.07, 6.45) is 3.28. The third kappa shape index (κ3) is 4.33. The van der Waals surface area contributed by atoms with Crippen molar-refractivity contribution in [2.75, 3.05) is 18.1 Å². The van der Waals surface area contributed by atoms with Gasteiger partial charge in [-0.15, -0.1) is 11.3 Å². The van der Waals surface area contributed by atoms with Crippen LogP contribution in [0.5, 0.6) is 11.5 Å². The fourth-order valence-electron chi connectivity index (χ4n) is 2.15. The Bertz CT molecular complexity index is 792. The first kappa shape index (κ1) is 16.9. The topological polar surface area (TPSA) is 64.6 Å². The zero-order valence-electron chi connectivity index (χ0n) is 13.7. The number of benzene rings is 1. The van der Waals surface area contributed by atoms with Gasteiger partial charge in [0.1, 0.15) is 17.3 Å². The van der Waals surface area contributed by atoms with Crippen molar-refractivity contribution in [1.82, 2.24) is 9.97 Å². The van der Waals surface area contributed by atoms with E-state index in [-0.39, 0.29) is 12.5 Å². The maximum absolute atomic E-state index is 12.7. The predicted octanol–water partition coefficient (Wildman–Crippen LogP) is 3.68. The van der Waals surface area contributed by atoms with Crippen molar-refractivity contribution < 1.29 is 14.3 Å². The lowest BCUT2D eigenvalue weighted by molar-refractivity contribution is -0.119. The molecule has 7 heteroatoms. The van der Waals surface area contributed by atoms with Gasteiger partial charge in [0.15, 0.2) is 11.7 Å². The number of nitrogens with zero attached hydrogens (tertiary/aromatic N) is 3. The van der Waals surface area contributed by atoms with Crippen molar-refractivity contribution in [2.45, 2.75) is 6.92 Å². The zero-order chi connectivity index (χ0) is 17.5. The van der Waals surface area contributed by atoms with E-state index in [0.717, 1.165) is 5.75 Å². The maximum Gasteiger partial charge on any atom is 0.272 e. The van der Waals surface area contributed by atoms with Gasteiger partial charge in [0.05, 0.1) is 6.61 Å². The van der Waals surface area contributed by atoms with Crippen LogP contribution in [0.25, 0.3) is 0 Å². The molecule has 1 aromatic carbocycles. The molecule has 0 spiro atoms. The van der Waals surface area contributed by atoms with E-state index in [0.29, 0.717) is 23.3 Å². The minimum Gasteiger partial charge on any atom is -0.494 e. The Morgan fingerprint density at radius 1 is 1.04 bits per heavy atom. The van der Waals surface area contributed by atoms with Gasteiger partial charge in [0, 0.05) is 17.8 Å². The van der Waals surface area contributed by atoms with Crippen molar-refractivity contribution in [3.05, 3.63) is 60.2 Å². The molecule has 0 N–H and O–H groups in total. The summed E-state index contributed by atoms with van der Waals surface area (Å²) in [6, 6.07) is 12.5. The summed E-state index contributed by atoms with van der Waals surface area (Å²) in [4.78, 5) is 22.6. The lowest BCUT2D eigenvalue weighted by atomic mass is 10.3. The molecule has 0 radical (unpaired) electrons. The highest BCUT2D eigenvalue weighted by atomic mass is 32.1. The number of hydrogen-bond acceptors (Lipinski definition) is 6. The van der Waals surface area contributed by atoms with Crippen molar-refractivity contribution in [2.24, 2.45) is 0 Å². The molecule has 0 fully saturated rings. The van der Waals surface area contributed by atoms with Crippen LogP contribution in [0.3, 0.4) is 0 Å². The van der Waals surface area contributed by atoms with E-state index < -0.39 is 0 Å². The van der Waals surface area contributed by atoms with E-state index in [2.05, 4.69) is 9.97 Å². The van der Waals surface area contributed by atoms with Crippen LogP contribution in [-0.4, -0.2) is 29.1 Å². The van der Waals surface area contributed by atoms with Crippen molar-refractivity contribution in [1.29, 1.82) is 0 Å². The minimum absolute atomic E-state index is 0.121. The monoisotopic (exact) mass is 355 g/mol. The van der Waals surface area contributed by atoms with Gasteiger partial charge in [-0.05, 0) is 43.3 Å². The summed E-state index contributed by atoms with van der Waals surface area (Å²) in [6.45, 7) is 2.41. The number of aromatic nitrogens is 2. The van der Waals surface area contributed by atoms with Crippen LogP contribution in [-0.2, 0) is 4.79 Å². The lowest BCUT2D eigenvalue weighted by Gasteiger charge is -2.19. The molecular weight excluding hydrogens is 338 g/mol. The van der Waals surface area contributed by atoms with Crippen LogP contribution >= 0.6 is 11.3 Å².